The van der Waals surface area contributed by atoms with Crippen LogP contribution in [0.25, 0.3) is 0 Å². The second-order valence-electron chi connectivity index (χ2n) is 1.49. The van der Waals surface area contributed by atoms with Gasteiger partial charge in [0, 0.05) is 0 Å². The molecule has 44 valence electrons. The molecule has 0 fully saturated rings. The van der Waals surface area contributed by atoms with Gasteiger partial charge in [-0.1, -0.05) is 0 Å². The molecule has 0 aliphatic heterocycles. The number of nitrogens with zero attached hydrogens (tertiary/aromatic N) is 1. The normalized spacial score (nSPS) is 8.33. The molecule has 3 heteroatoms. The fourth-order valence-electron chi connectivity index (χ4n) is 0.528. The molecule has 1 aromatic carbocycles. The van der Waals surface area contributed by atoms with Crippen LogP contribution in [0.2, 0.25) is 0 Å². The van der Waals surface area contributed by atoms with Gasteiger partial charge in [-0.05, 0) is 0 Å². The molecular formula is C6H5NOP+. The first-order valence-electron chi connectivity index (χ1n) is 2.50. The zero-order chi connectivity index (χ0) is 6.53. The van der Waals surface area contributed by atoms with Gasteiger partial charge in [-0.2, -0.15) is 0 Å². The van der Waals surface area contributed by atoms with Crippen molar-refractivity contribution in [1.29, 1.82) is 5.00 Å². The minimum atomic E-state index is -0.0550. The Kier molecular flexibility index (Phi) is 2.26. The molecule has 0 saturated heterocycles. The first-order chi connectivity index (χ1) is 4.43. The standard InChI is InChI=1S/C6H5NOP/c7-9-8-6-4-2-1-3-5-6/h1-5H/q+1. The van der Waals surface area contributed by atoms with E-state index in [0.29, 0.717) is 5.75 Å². The van der Waals surface area contributed by atoms with E-state index in [0.717, 1.165) is 0 Å². The molecule has 0 aromatic heterocycles. The third-order valence-corrected chi connectivity index (χ3v) is 1.18. The van der Waals surface area contributed by atoms with Crippen LogP contribution in [-0.4, -0.2) is 0 Å². The molecule has 0 aliphatic rings. The average Bonchev–Trinajstić information content (AvgIpc) is 1.91. The summed E-state index contributed by atoms with van der Waals surface area (Å²) in [6.45, 7) is 0. The Morgan fingerprint density at radius 2 is 1.89 bits per heavy atom. The summed E-state index contributed by atoms with van der Waals surface area (Å²) in [5.41, 5.74) is 0. The summed E-state index contributed by atoms with van der Waals surface area (Å²) in [5.74, 6) is 0.682. The second kappa shape index (κ2) is 3.24. The van der Waals surface area contributed by atoms with E-state index in [2.05, 4.69) is 0 Å². The predicted molar refractivity (Wildman–Crippen MR) is 35.7 cm³/mol. The Morgan fingerprint density at radius 1 is 1.22 bits per heavy atom. The monoisotopic (exact) mass is 138 g/mol. The van der Waals surface area contributed by atoms with Crippen LogP contribution >= 0.6 is 8.44 Å². The van der Waals surface area contributed by atoms with Gasteiger partial charge in [0.15, 0.2) is 0 Å². The van der Waals surface area contributed by atoms with Crippen LogP contribution in [0.3, 0.4) is 0 Å². The van der Waals surface area contributed by atoms with Crippen molar-refractivity contribution in [3.05, 3.63) is 30.3 Å². The third kappa shape index (κ3) is 1.85. The van der Waals surface area contributed by atoms with Crippen LogP contribution in [0, 0.1) is 5.00 Å². The fraction of sp³-hybridized carbons (Fsp3) is 0. The fourth-order valence-corrected chi connectivity index (χ4v) is 0.744. The topological polar surface area (TPSA) is 33.0 Å². The van der Waals surface area contributed by atoms with Gasteiger partial charge in [0.1, 0.15) is 0 Å². The Hall–Kier alpha value is -0.840. The zero-order valence-electron chi connectivity index (χ0n) is 4.69. The van der Waals surface area contributed by atoms with Crippen molar-refractivity contribution in [2.24, 2.45) is 0 Å². The molecule has 0 atom stereocenters. The number of hydrogen-bond donors (Lipinski definition) is 0. The van der Waals surface area contributed by atoms with Crippen LogP contribution in [0.15, 0.2) is 30.3 Å². The van der Waals surface area contributed by atoms with Crippen LogP contribution in [0.4, 0.5) is 0 Å². The van der Waals surface area contributed by atoms with Gasteiger partial charge < -0.3 is 0 Å². The molecule has 1 aromatic rings. The van der Waals surface area contributed by atoms with Gasteiger partial charge in [0.2, 0.25) is 0 Å². The van der Waals surface area contributed by atoms with Crippen molar-refractivity contribution in [2.75, 3.05) is 0 Å². The maximum atomic E-state index is 8.27. The van der Waals surface area contributed by atoms with Gasteiger partial charge in [0.25, 0.3) is 0 Å². The van der Waals surface area contributed by atoms with Crippen molar-refractivity contribution >= 4 is 8.44 Å². The van der Waals surface area contributed by atoms with Crippen LogP contribution in [-0.2, 0) is 0 Å². The number of benzene rings is 1. The number of hydrogen-bond acceptors (Lipinski definition) is 2. The van der Waals surface area contributed by atoms with E-state index in [-0.39, 0.29) is 8.44 Å². The Morgan fingerprint density at radius 3 is 2.44 bits per heavy atom. The molecule has 0 bridgehead atoms. The summed E-state index contributed by atoms with van der Waals surface area (Å²) in [7, 11) is -0.0550. The van der Waals surface area contributed by atoms with Crippen molar-refractivity contribution < 1.29 is 4.52 Å². The SMILES string of the molecule is N#[P+]Oc1ccccc1. The molecule has 0 unspecified atom stereocenters. The quantitative estimate of drug-likeness (QED) is 0.558. The van der Waals surface area contributed by atoms with Crippen molar-refractivity contribution in [3.63, 3.8) is 0 Å². The molecule has 0 aliphatic carbocycles. The Bertz CT molecular complexity index is 216. The van der Waals surface area contributed by atoms with Crippen LogP contribution in [0.5, 0.6) is 5.75 Å². The molecule has 0 spiro atoms. The van der Waals surface area contributed by atoms with E-state index in [1.54, 1.807) is 12.1 Å². The van der Waals surface area contributed by atoms with Gasteiger partial charge in [0.05, 0.1) is 0 Å². The molecule has 0 N–H and O–H groups in total. The van der Waals surface area contributed by atoms with E-state index >= 15 is 0 Å². The van der Waals surface area contributed by atoms with Crippen LogP contribution < -0.4 is 4.52 Å². The number of rotatable bonds is 1. The van der Waals surface area contributed by atoms with E-state index < -0.39 is 0 Å². The molecule has 0 amide bonds. The van der Waals surface area contributed by atoms with Gasteiger partial charge >= 0.3 is 54.1 Å². The molecule has 0 saturated carbocycles. The zero-order valence-corrected chi connectivity index (χ0v) is 5.58. The molecular weight excluding hydrogens is 133 g/mol. The van der Waals surface area contributed by atoms with Gasteiger partial charge in [-0.15, -0.1) is 0 Å². The summed E-state index contributed by atoms with van der Waals surface area (Å²) in [4.78, 5) is 0. The average molecular weight is 138 g/mol. The summed E-state index contributed by atoms with van der Waals surface area (Å²) >= 11 is 0. The third-order valence-electron chi connectivity index (χ3n) is 0.889. The minimum absolute atomic E-state index is 0.0550. The molecule has 1 rings (SSSR count). The Balaban J connectivity index is 2.76. The molecule has 2 nitrogen and oxygen atoms in total. The maximum absolute atomic E-state index is 8.27. The summed E-state index contributed by atoms with van der Waals surface area (Å²) in [6, 6.07) is 9.15. The van der Waals surface area contributed by atoms with Gasteiger partial charge in [-0.25, -0.2) is 0 Å². The van der Waals surface area contributed by atoms with E-state index in [1.165, 1.54) is 0 Å². The first kappa shape index (κ1) is 6.28. The summed E-state index contributed by atoms with van der Waals surface area (Å²) < 4.78 is 4.73. The molecule has 9 heavy (non-hydrogen) atoms. The van der Waals surface area contributed by atoms with E-state index in [4.69, 9.17) is 9.53 Å². The van der Waals surface area contributed by atoms with Crippen molar-refractivity contribution in [1.82, 2.24) is 0 Å². The number of para-hydroxylation sites is 1. The molecule has 0 radical (unpaired) electrons. The predicted octanol–water partition coefficient (Wildman–Crippen LogP) is 2.41. The van der Waals surface area contributed by atoms with E-state index in [9.17, 15) is 0 Å². The van der Waals surface area contributed by atoms with Gasteiger partial charge in [-0.3, -0.25) is 0 Å². The van der Waals surface area contributed by atoms with E-state index in [1.807, 2.05) is 18.2 Å². The summed E-state index contributed by atoms with van der Waals surface area (Å²) in [5, 5.41) is 8.27. The molecule has 0 heterocycles. The van der Waals surface area contributed by atoms with Crippen molar-refractivity contribution in [2.45, 2.75) is 0 Å². The van der Waals surface area contributed by atoms with Crippen LogP contribution in [0.1, 0.15) is 0 Å². The van der Waals surface area contributed by atoms with Crippen molar-refractivity contribution in [3.8, 4) is 5.75 Å². The Labute approximate surface area is 54.9 Å². The summed E-state index contributed by atoms with van der Waals surface area (Å²) in [6.07, 6.45) is 0. The first-order valence-corrected chi connectivity index (χ1v) is 3.26. The second-order valence-corrected chi connectivity index (χ2v) is 1.83.